The van der Waals surface area contributed by atoms with Crippen LogP contribution in [0.15, 0.2) is 30.5 Å². The van der Waals surface area contributed by atoms with Gasteiger partial charge in [-0.25, -0.2) is 9.59 Å². The van der Waals surface area contributed by atoms with Crippen LogP contribution in [0.4, 0.5) is 10.5 Å². The SMILES string of the molecule is O=C(O)c1ccn(C(=O)N2CCN(Cc3ccc(Cl)cc3N3CCN(C4CC4)CC3)CC2)n1. The number of carbonyl (C=O) groups is 2. The van der Waals surface area contributed by atoms with Crippen LogP contribution in [-0.2, 0) is 6.54 Å². The molecule has 2 aliphatic heterocycles. The van der Waals surface area contributed by atoms with Gasteiger partial charge in [0.2, 0.25) is 0 Å². The lowest BCUT2D eigenvalue weighted by molar-refractivity contribution is 0.0689. The molecular weight excluding hydrogens is 444 g/mol. The zero-order valence-electron chi connectivity index (χ0n) is 18.6. The molecule has 1 aromatic carbocycles. The van der Waals surface area contributed by atoms with E-state index in [1.807, 2.05) is 6.07 Å². The summed E-state index contributed by atoms with van der Waals surface area (Å²) in [5.74, 6) is -1.14. The summed E-state index contributed by atoms with van der Waals surface area (Å²) < 4.78 is 1.11. The van der Waals surface area contributed by atoms with Gasteiger partial charge >= 0.3 is 12.0 Å². The number of anilines is 1. The first kappa shape index (κ1) is 22.2. The van der Waals surface area contributed by atoms with Crippen LogP contribution >= 0.6 is 11.6 Å². The van der Waals surface area contributed by atoms with E-state index in [9.17, 15) is 9.59 Å². The second kappa shape index (κ2) is 9.32. The Bertz CT molecular complexity index is 1020. The molecule has 1 aromatic heterocycles. The highest BCUT2D eigenvalue weighted by molar-refractivity contribution is 6.30. The van der Waals surface area contributed by atoms with Crippen molar-refractivity contribution in [3.63, 3.8) is 0 Å². The maximum Gasteiger partial charge on any atom is 0.356 e. The van der Waals surface area contributed by atoms with Crippen LogP contribution in [0.1, 0.15) is 28.9 Å². The first-order valence-electron chi connectivity index (χ1n) is 11.6. The highest BCUT2D eigenvalue weighted by Crippen LogP contribution is 2.31. The standard InChI is InChI=1S/C23H29ClN6O3/c24-18-2-1-17(21(15-18)28-13-11-27(12-14-28)19-3-4-19)16-26-7-9-29(10-8-26)23(33)30-6-5-20(25-30)22(31)32/h1-2,5-6,15,19H,3-4,7-14,16H2,(H,31,32). The zero-order chi connectivity index (χ0) is 22.9. The molecule has 9 nitrogen and oxygen atoms in total. The van der Waals surface area contributed by atoms with Crippen molar-refractivity contribution in [1.29, 1.82) is 0 Å². The highest BCUT2D eigenvalue weighted by Gasteiger charge is 2.32. The maximum absolute atomic E-state index is 12.7. The number of piperazine rings is 2. The third kappa shape index (κ3) is 5.00. The second-order valence-electron chi connectivity index (χ2n) is 9.02. The Morgan fingerprint density at radius 3 is 2.36 bits per heavy atom. The van der Waals surface area contributed by atoms with Crippen LogP contribution in [-0.4, -0.2) is 100.0 Å². The van der Waals surface area contributed by atoms with Crippen LogP contribution in [0, 0.1) is 0 Å². The Hall–Kier alpha value is -2.62. The number of nitrogens with zero attached hydrogens (tertiary/aromatic N) is 6. The van der Waals surface area contributed by atoms with Crippen LogP contribution in [0.2, 0.25) is 5.02 Å². The molecule has 1 aliphatic carbocycles. The number of carbonyl (C=O) groups excluding carboxylic acids is 1. The molecule has 0 unspecified atom stereocenters. The largest absolute Gasteiger partial charge is 0.476 e. The van der Waals surface area contributed by atoms with Crippen LogP contribution in [0.25, 0.3) is 0 Å². The number of aromatic nitrogens is 2. The van der Waals surface area contributed by atoms with Crippen molar-refractivity contribution in [3.05, 3.63) is 46.7 Å². The summed E-state index contributed by atoms with van der Waals surface area (Å²) in [5, 5.41) is 13.6. The molecule has 3 fully saturated rings. The van der Waals surface area contributed by atoms with Gasteiger partial charge in [-0.2, -0.15) is 9.78 Å². The van der Waals surface area contributed by atoms with Crippen LogP contribution < -0.4 is 4.90 Å². The lowest BCUT2D eigenvalue weighted by atomic mass is 10.1. The second-order valence-corrected chi connectivity index (χ2v) is 9.46. The minimum Gasteiger partial charge on any atom is -0.476 e. The monoisotopic (exact) mass is 472 g/mol. The maximum atomic E-state index is 12.7. The molecule has 1 N–H and O–H groups in total. The molecule has 2 aromatic rings. The molecule has 5 rings (SSSR count). The number of amides is 1. The van der Waals surface area contributed by atoms with Gasteiger partial charge in [-0.05, 0) is 36.6 Å². The Labute approximate surface area is 198 Å². The summed E-state index contributed by atoms with van der Waals surface area (Å²) in [7, 11) is 0. The van der Waals surface area contributed by atoms with Gasteiger partial charge < -0.3 is 14.9 Å². The van der Waals surface area contributed by atoms with Crippen molar-refractivity contribution in [1.82, 2.24) is 24.5 Å². The highest BCUT2D eigenvalue weighted by atomic mass is 35.5. The molecule has 0 atom stereocenters. The molecule has 33 heavy (non-hydrogen) atoms. The molecular formula is C23H29ClN6O3. The summed E-state index contributed by atoms with van der Waals surface area (Å²) in [5.41, 5.74) is 2.35. The van der Waals surface area contributed by atoms with Crippen molar-refractivity contribution < 1.29 is 14.7 Å². The molecule has 1 amide bonds. The fourth-order valence-electron chi connectivity index (χ4n) is 4.76. The lowest BCUT2D eigenvalue weighted by Gasteiger charge is -2.38. The average Bonchev–Trinajstić information content (AvgIpc) is 3.56. The van der Waals surface area contributed by atoms with Crippen molar-refractivity contribution in [2.75, 3.05) is 57.3 Å². The molecule has 0 bridgehead atoms. The van der Waals surface area contributed by atoms with Crippen LogP contribution in [0.3, 0.4) is 0 Å². The van der Waals surface area contributed by atoms with Gasteiger partial charge in [0.1, 0.15) is 0 Å². The van der Waals surface area contributed by atoms with Gasteiger partial charge in [-0.15, -0.1) is 0 Å². The van der Waals surface area contributed by atoms with Gasteiger partial charge in [0.25, 0.3) is 0 Å². The third-order valence-corrected chi connectivity index (χ3v) is 7.04. The first-order valence-corrected chi connectivity index (χ1v) is 11.9. The number of carboxylic acids is 1. The number of halogens is 1. The van der Waals surface area contributed by atoms with E-state index in [0.717, 1.165) is 61.6 Å². The van der Waals surface area contributed by atoms with E-state index in [2.05, 4.69) is 31.9 Å². The number of rotatable bonds is 5. The van der Waals surface area contributed by atoms with E-state index >= 15 is 0 Å². The molecule has 176 valence electrons. The van der Waals surface area contributed by atoms with E-state index in [1.165, 1.54) is 36.4 Å². The van der Waals surface area contributed by atoms with Crippen molar-refractivity contribution in [2.24, 2.45) is 0 Å². The molecule has 0 spiro atoms. The lowest BCUT2D eigenvalue weighted by Crippen LogP contribution is -2.50. The summed E-state index contributed by atoms with van der Waals surface area (Å²) in [6.07, 6.45) is 4.09. The van der Waals surface area contributed by atoms with E-state index < -0.39 is 5.97 Å². The zero-order valence-corrected chi connectivity index (χ0v) is 19.3. The smallest absolute Gasteiger partial charge is 0.356 e. The summed E-state index contributed by atoms with van der Waals surface area (Å²) >= 11 is 6.36. The van der Waals surface area contributed by atoms with Gasteiger partial charge in [0.15, 0.2) is 5.69 Å². The molecule has 2 saturated heterocycles. The number of hydrogen-bond acceptors (Lipinski definition) is 6. The van der Waals surface area contributed by atoms with E-state index in [4.69, 9.17) is 16.7 Å². The predicted molar refractivity (Wildman–Crippen MR) is 125 cm³/mol. The number of benzene rings is 1. The summed E-state index contributed by atoms with van der Waals surface area (Å²) in [6, 6.07) is 8.02. The number of carboxylic acid groups (broad SMARTS) is 1. The Morgan fingerprint density at radius 2 is 1.73 bits per heavy atom. The first-order chi connectivity index (χ1) is 16.0. The van der Waals surface area contributed by atoms with E-state index in [0.29, 0.717) is 13.1 Å². The quantitative estimate of drug-likeness (QED) is 0.714. The average molecular weight is 473 g/mol. The predicted octanol–water partition coefficient (Wildman–Crippen LogP) is 2.31. The fraction of sp³-hybridized carbons (Fsp3) is 0.522. The van der Waals surface area contributed by atoms with Crippen molar-refractivity contribution in [2.45, 2.75) is 25.4 Å². The van der Waals surface area contributed by atoms with E-state index in [1.54, 1.807) is 4.90 Å². The number of hydrogen-bond donors (Lipinski definition) is 1. The number of aromatic carboxylic acids is 1. The molecule has 0 radical (unpaired) electrons. The minimum absolute atomic E-state index is 0.129. The Kier molecular flexibility index (Phi) is 6.27. The fourth-order valence-corrected chi connectivity index (χ4v) is 4.93. The summed E-state index contributed by atoms with van der Waals surface area (Å²) in [6.45, 7) is 7.70. The van der Waals surface area contributed by atoms with E-state index in [-0.39, 0.29) is 11.7 Å². The van der Waals surface area contributed by atoms with Gasteiger partial charge in [-0.1, -0.05) is 17.7 Å². The van der Waals surface area contributed by atoms with Gasteiger partial charge in [-0.3, -0.25) is 9.80 Å². The van der Waals surface area contributed by atoms with Gasteiger partial charge in [0.05, 0.1) is 0 Å². The molecule has 1 saturated carbocycles. The minimum atomic E-state index is -1.14. The van der Waals surface area contributed by atoms with Crippen molar-refractivity contribution in [3.8, 4) is 0 Å². The Morgan fingerprint density at radius 1 is 1.00 bits per heavy atom. The summed E-state index contributed by atoms with van der Waals surface area (Å²) in [4.78, 5) is 32.8. The topological polar surface area (TPSA) is 85.1 Å². The normalized spacial score (nSPS) is 20.3. The molecule has 3 aliphatic rings. The van der Waals surface area contributed by atoms with Crippen LogP contribution in [0.5, 0.6) is 0 Å². The van der Waals surface area contributed by atoms with Crippen molar-refractivity contribution >= 4 is 29.3 Å². The third-order valence-electron chi connectivity index (χ3n) is 6.81. The van der Waals surface area contributed by atoms with Gasteiger partial charge in [0, 0.05) is 81.9 Å². The molecule has 10 heteroatoms. The molecule has 3 heterocycles. The Balaban J connectivity index is 1.19.